The quantitative estimate of drug-likeness (QED) is 0.320. The van der Waals surface area contributed by atoms with Crippen molar-refractivity contribution in [2.45, 2.75) is 39.8 Å². The number of ketones is 1. The van der Waals surface area contributed by atoms with Crippen LogP contribution in [0.4, 0.5) is 18.9 Å². The Kier molecular flexibility index (Phi) is 7.02. The van der Waals surface area contributed by atoms with Crippen LogP contribution in [0.15, 0.2) is 42.2 Å². The molecule has 0 spiro atoms. The van der Waals surface area contributed by atoms with E-state index in [1.54, 1.807) is 19.1 Å². The Labute approximate surface area is 172 Å². The number of carbonyl (C=O) groups excluding carboxylic acids is 1. The van der Waals surface area contributed by atoms with Crippen LogP contribution in [-0.4, -0.2) is 22.7 Å². The number of halogens is 3. The Morgan fingerprint density at radius 1 is 1.13 bits per heavy atom. The first-order chi connectivity index (χ1) is 14.0. The molecule has 0 heterocycles. The van der Waals surface area contributed by atoms with Gasteiger partial charge in [0.25, 0.3) is 5.69 Å². The summed E-state index contributed by atoms with van der Waals surface area (Å²) in [4.78, 5) is 24.0. The molecule has 2 rings (SSSR count). The minimum Gasteiger partial charge on any atom is -0.512 e. The van der Waals surface area contributed by atoms with Crippen LogP contribution in [0.1, 0.15) is 43.9 Å². The summed E-state index contributed by atoms with van der Waals surface area (Å²) in [5.41, 5.74) is 0.175. The highest BCUT2D eigenvalue weighted by molar-refractivity contribution is 6.20. The van der Waals surface area contributed by atoms with Crippen LogP contribution < -0.4 is 4.74 Å². The topological polar surface area (TPSA) is 66.6 Å². The molecular formula is C22H23F3NO4+. The molecular weight excluding hydrogens is 399 g/mol. The second-order valence-corrected chi connectivity index (χ2v) is 6.68. The largest absolute Gasteiger partial charge is 0.512 e. The van der Waals surface area contributed by atoms with E-state index in [2.05, 4.69) is 0 Å². The van der Waals surface area contributed by atoms with Gasteiger partial charge >= 0.3 is 6.18 Å². The van der Waals surface area contributed by atoms with E-state index in [0.29, 0.717) is 18.1 Å². The molecule has 0 fully saturated rings. The van der Waals surface area contributed by atoms with Crippen molar-refractivity contribution in [3.63, 3.8) is 0 Å². The smallest absolute Gasteiger partial charge is 0.416 e. The SMILES string of the molecule is CCC(O)=C(C(C)=O)c1cc(Oc2ccc(C(F)(F)F)cc2[N+](C)=O)ccc1CC. The van der Waals surface area contributed by atoms with Crippen molar-refractivity contribution in [2.24, 2.45) is 0 Å². The molecule has 0 atom stereocenters. The molecule has 2 aromatic rings. The third kappa shape index (κ3) is 5.06. The number of aliphatic hydroxyl groups is 1. The van der Waals surface area contributed by atoms with Gasteiger partial charge in [0.05, 0.1) is 11.1 Å². The molecule has 0 aromatic heterocycles. The molecule has 0 aliphatic carbocycles. The minimum atomic E-state index is -4.60. The van der Waals surface area contributed by atoms with Crippen molar-refractivity contribution in [1.82, 2.24) is 0 Å². The summed E-state index contributed by atoms with van der Waals surface area (Å²) in [6.07, 6.45) is -3.76. The number of aryl methyl sites for hydroxylation is 1. The Bertz CT molecular complexity index is 1010. The van der Waals surface area contributed by atoms with Gasteiger partial charge in [0.2, 0.25) is 5.75 Å². The fourth-order valence-electron chi connectivity index (χ4n) is 3.04. The first-order valence-electron chi connectivity index (χ1n) is 9.35. The highest BCUT2D eigenvalue weighted by Gasteiger charge is 2.33. The summed E-state index contributed by atoms with van der Waals surface area (Å²) in [6, 6.07) is 7.45. The highest BCUT2D eigenvalue weighted by Crippen LogP contribution is 2.38. The van der Waals surface area contributed by atoms with Crippen molar-refractivity contribution < 1.29 is 32.6 Å². The highest BCUT2D eigenvalue weighted by atomic mass is 19.4. The van der Waals surface area contributed by atoms with E-state index < -0.39 is 11.7 Å². The van der Waals surface area contributed by atoms with E-state index in [4.69, 9.17) is 4.74 Å². The molecule has 8 heteroatoms. The number of alkyl halides is 3. The van der Waals surface area contributed by atoms with Crippen LogP contribution in [0.25, 0.3) is 5.57 Å². The van der Waals surface area contributed by atoms with Gasteiger partial charge in [0.15, 0.2) is 12.8 Å². The van der Waals surface area contributed by atoms with Gasteiger partial charge in [0, 0.05) is 22.2 Å². The molecule has 0 amide bonds. The molecule has 1 N–H and O–H groups in total. The van der Waals surface area contributed by atoms with Gasteiger partial charge in [-0.3, -0.25) is 4.79 Å². The zero-order valence-electron chi connectivity index (χ0n) is 17.1. The second-order valence-electron chi connectivity index (χ2n) is 6.68. The van der Waals surface area contributed by atoms with Crippen LogP contribution in [0.5, 0.6) is 11.5 Å². The summed E-state index contributed by atoms with van der Waals surface area (Å²) in [5, 5.41) is 10.2. The van der Waals surface area contributed by atoms with E-state index in [1.807, 2.05) is 6.92 Å². The Hall–Kier alpha value is -3.16. The molecule has 0 bridgehead atoms. The first-order valence-corrected chi connectivity index (χ1v) is 9.35. The molecule has 0 radical (unpaired) electrons. The average Bonchev–Trinajstić information content (AvgIpc) is 2.67. The predicted octanol–water partition coefficient (Wildman–Crippen LogP) is 6.37. The molecule has 5 nitrogen and oxygen atoms in total. The maximum atomic E-state index is 13.0. The molecule has 30 heavy (non-hydrogen) atoms. The summed E-state index contributed by atoms with van der Waals surface area (Å²) in [6.45, 7) is 4.94. The maximum Gasteiger partial charge on any atom is 0.416 e. The summed E-state index contributed by atoms with van der Waals surface area (Å²) in [5.74, 6) is -0.240. The van der Waals surface area contributed by atoms with Crippen LogP contribution in [0.3, 0.4) is 0 Å². The monoisotopic (exact) mass is 422 g/mol. The Morgan fingerprint density at radius 3 is 2.30 bits per heavy atom. The van der Waals surface area contributed by atoms with Crippen molar-refractivity contribution in [1.29, 1.82) is 0 Å². The zero-order valence-corrected chi connectivity index (χ0v) is 17.1. The number of nitroso groups, excluding NO2 is 1. The zero-order chi connectivity index (χ0) is 22.6. The maximum absolute atomic E-state index is 13.0. The molecule has 0 unspecified atom stereocenters. The number of hydrogen-bond donors (Lipinski definition) is 1. The number of nitrogens with zero attached hydrogens (tertiary/aromatic N) is 1. The summed E-state index contributed by atoms with van der Waals surface area (Å²) < 4.78 is 44.9. The van der Waals surface area contributed by atoms with Gasteiger partial charge in [-0.25, -0.2) is 0 Å². The second kappa shape index (κ2) is 9.11. The number of hydrogen-bond acceptors (Lipinski definition) is 4. The lowest BCUT2D eigenvalue weighted by Crippen LogP contribution is -2.07. The van der Waals surface area contributed by atoms with E-state index in [9.17, 15) is 28.0 Å². The van der Waals surface area contributed by atoms with Crippen LogP contribution in [0.2, 0.25) is 0 Å². The summed E-state index contributed by atoms with van der Waals surface area (Å²) in [7, 11) is 1.07. The average molecular weight is 422 g/mol. The van der Waals surface area contributed by atoms with Gasteiger partial charge in [0.1, 0.15) is 11.5 Å². The molecule has 0 saturated carbocycles. The van der Waals surface area contributed by atoms with Crippen molar-refractivity contribution in [3.8, 4) is 11.5 Å². The fraction of sp³-hybridized carbons (Fsp3) is 0.318. The number of allylic oxidation sites excluding steroid dienone is 2. The van der Waals surface area contributed by atoms with E-state index in [0.717, 1.165) is 24.7 Å². The van der Waals surface area contributed by atoms with Crippen molar-refractivity contribution in [2.75, 3.05) is 7.05 Å². The molecule has 0 saturated heterocycles. The fourth-order valence-corrected chi connectivity index (χ4v) is 3.04. The van der Waals surface area contributed by atoms with E-state index in [-0.39, 0.29) is 45.5 Å². The van der Waals surface area contributed by atoms with Crippen LogP contribution in [-0.2, 0) is 17.4 Å². The normalized spacial score (nSPS) is 12.4. The molecule has 0 aliphatic heterocycles. The third-order valence-corrected chi connectivity index (χ3v) is 4.56. The lowest BCUT2D eigenvalue weighted by molar-refractivity contribution is -0.429. The molecule has 0 aliphatic rings. The first kappa shape index (κ1) is 23.1. The third-order valence-electron chi connectivity index (χ3n) is 4.56. The number of Topliss-reactive ketones (excluding diaryl/α,β-unsaturated/α-hetero) is 1. The van der Waals surface area contributed by atoms with Crippen molar-refractivity contribution >= 4 is 17.0 Å². The lowest BCUT2D eigenvalue weighted by atomic mass is 9.93. The lowest BCUT2D eigenvalue weighted by Gasteiger charge is -2.15. The number of carbonyl (C=O) groups is 1. The predicted molar refractivity (Wildman–Crippen MR) is 107 cm³/mol. The van der Waals surface area contributed by atoms with Gasteiger partial charge in [-0.2, -0.15) is 13.2 Å². The van der Waals surface area contributed by atoms with E-state index >= 15 is 0 Å². The van der Waals surface area contributed by atoms with Gasteiger partial charge in [-0.1, -0.05) is 19.9 Å². The molecule has 160 valence electrons. The number of benzene rings is 2. The van der Waals surface area contributed by atoms with Crippen LogP contribution in [0, 0.1) is 4.91 Å². The number of aliphatic hydroxyl groups excluding tert-OH is 1. The van der Waals surface area contributed by atoms with Gasteiger partial charge < -0.3 is 9.84 Å². The molecule has 2 aromatic carbocycles. The summed E-state index contributed by atoms with van der Waals surface area (Å²) >= 11 is 0. The Morgan fingerprint density at radius 2 is 1.80 bits per heavy atom. The van der Waals surface area contributed by atoms with Gasteiger partial charge in [-0.05, 0) is 48.7 Å². The minimum absolute atomic E-state index is 0.0659. The van der Waals surface area contributed by atoms with Gasteiger partial charge in [-0.15, -0.1) is 0 Å². The van der Waals surface area contributed by atoms with E-state index in [1.165, 1.54) is 13.0 Å². The number of rotatable bonds is 7. The van der Waals surface area contributed by atoms with Crippen LogP contribution >= 0.6 is 0 Å². The standard InChI is InChI=1S/C22H22F3NO4/c1-5-14-7-9-16(12-17(14)21(13(3)27)19(28)6-2)30-20-10-8-15(22(23,24)25)11-18(20)26(4)29/h7-12H,5-6H2,1-4H3/p+1. The van der Waals surface area contributed by atoms with Crippen molar-refractivity contribution in [3.05, 3.63) is 63.8 Å². The Balaban J connectivity index is 2.58. The number of ether oxygens (including phenoxy) is 1.